The molecule has 1 aromatic rings. The summed E-state index contributed by atoms with van der Waals surface area (Å²) in [5.74, 6) is 0.378. The Morgan fingerprint density at radius 2 is 1.62 bits per heavy atom. The van der Waals surface area contributed by atoms with E-state index in [1.807, 2.05) is 0 Å². The highest BCUT2D eigenvalue weighted by Crippen LogP contribution is 2.18. The average Bonchev–Trinajstić information content (AvgIpc) is 2.87. The van der Waals surface area contributed by atoms with Crippen molar-refractivity contribution in [2.75, 3.05) is 26.7 Å². The van der Waals surface area contributed by atoms with E-state index < -0.39 is 12.6 Å². The lowest BCUT2D eigenvalue weighted by Gasteiger charge is -2.20. The highest BCUT2D eigenvalue weighted by Gasteiger charge is 2.26. The van der Waals surface area contributed by atoms with E-state index >= 15 is 0 Å². The van der Waals surface area contributed by atoms with Gasteiger partial charge in [0.15, 0.2) is 5.96 Å². The van der Waals surface area contributed by atoms with Gasteiger partial charge in [-0.15, -0.1) is 0 Å². The lowest BCUT2D eigenvalue weighted by molar-refractivity contribution is -0.132. The zero-order valence-electron chi connectivity index (χ0n) is 15.4. The van der Waals surface area contributed by atoms with Gasteiger partial charge in [0.2, 0.25) is 0 Å². The second kappa shape index (κ2) is 10.4. The Labute approximate surface area is 153 Å². The molecule has 1 aromatic carbocycles. The summed E-state index contributed by atoms with van der Waals surface area (Å²) in [6.07, 6.45) is 0.192. The standard InChI is InChI=1S/C19H29F3N4/c1-23-18(24-11-10-19(20,21)22)25-14-16-6-8-17(9-7-16)15-26-12-4-2-3-5-13-26/h6-9H,2-5,10-15H2,1H3,(H2,23,24,25). The van der Waals surface area contributed by atoms with E-state index in [0.29, 0.717) is 12.5 Å². The minimum absolute atomic E-state index is 0.183. The first-order valence-electron chi connectivity index (χ1n) is 9.28. The number of benzene rings is 1. The molecular weight excluding hydrogens is 341 g/mol. The van der Waals surface area contributed by atoms with Gasteiger partial charge >= 0.3 is 6.18 Å². The topological polar surface area (TPSA) is 39.7 Å². The van der Waals surface area contributed by atoms with Gasteiger partial charge < -0.3 is 10.6 Å². The van der Waals surface area contributed by atoms with Crippen LogP contribution in [0.5, 0.6) is 0 Å². The van der Waals surface area contributed by atoms with E-state index in [0.717, 1.165) is 12.1 Å². The Morgan fingerprint density at radius 3 is 2.19 bits per heavy atom. The molecule has 1 aliphatic heterocycles. The lowest BCUT2D eigenvalue weighted by atomic mass is 10.1. The highest BCUT2D eigenvalue weighted by atomic mass is 19.4. The number of guanidine groups is 1. The Kier molecular flexibility index (Phi) is 8.22. The fraction of sp³-hybridized carbons (Fsp3) is 0.632. The Hall–Kier alpha value is -1.76. The third-order valence-electron chi connectivity index (χ3n) is 4.51. The van der Waals surface area contributed by atoms with Crippen molar-refractivity contribution in [2.24, 2.45) is 4.99 Å². The van der Waals surface area contributed by atoms with Gasteiger partial charge in [-0.3, -0.25) is 9.89 Å². The Bertz CT molecular complexity index is 547. The van der Waals surface area contributed by atoms with Gasteiger partial charge in [0, 0.05) is 26.7 Å². The summed E-state index contributed by atoms with van der Waals surface area (Å²) in [4.78, 5) is 6.45. The summed E-state index contributed by atoms with van der Waals surface area (Å²) in [6.45, 7) is 3.66. The van der Waals surface area contributed by atoms with Crippen LogP contribution in [0.3, 0.4) is 0 Å². The molecule has 2 N–H and O–H groups in total. The number of hydrogen-bond donors (Lipinski definition) is 2. The molecule has 0 saturated carbocycles. The van der Waals surface area contributed by atoms with E-state index in [4.69, 9.17) is 0 Å². The van der Waals surface area contributed by atoms with Gasteiger partial charge in [0.25, 0.3) is 0 Å². The molecule has 146 valence electrons. The predicted molar refractivity (Wildman–Crippen MR) is 99.1 cm³/mol. The summed E-state index contributed by atoms with van der Waals surface area (Å²) < 4.78 is 36.6. The van der Waals surface area contributed by atoms with Crippen molar-refractivity contribution < 1.29 is 13.2 Å². The Balaban J connectivity index is 1.75. The number of rotatable bonds is 6. The van der Waals surface area contributed by atoms with Crippen LogP contribution in [0, 0.1) is 0 Å². The molecule has 2 rings (SSSR count). The monoisotopic (exact) mass is 370 g/mol. The first-order chi connectivity index (χ1) is 12.5. The number of aliphatic imine (C=N–C) groups is 1. The maximum atomic E-state index is 12.2. The van der Waals surface area contributed by atoms with Crippen LogP contribution in [0.4, 0.5) is 13.2 Å². The van der Waals surface area contributed by atoms with Crippen molar-refractivity contribution in [3.63, 3.8) is 0 Å². The number of nitrogens with zero attached hydrogens (tertiary/aromatic N) is 2. The molecule has 0 unspecified atom stereocenters. The largest absolute Gasteiger partial charge is 0.390 e. The molecule has 1 fully saturated rings. The number of alkyl halides is 3. The van der Waals surface area contributed by atoms with E-state index in [-0.39, 0.29) is 6.54 Å². The molecule has 0 radical (unpaired) electrons. The van der Waals surface area contributed by atoms with Crippen molar-refractivity contribution in [1.29, 1.82) is 0 Å². The van der Waals surface area contributed by atoms with Crippen LogP contribution in [0.2, 0.25) is 0 Å². The van der Waals surface area contributed by atoms with Crippen LogP contribution in [-0.2, 0) is 13.1 Å². The van der Waals surface area contributed by atoms with Gasteiger partial charge in [0.05, 0.1) is 6.42 Å². The van der Waals surface area contributed by atoms with Crippen LogP contribution in [0.1, 0.15) is 43.2 Å². The summed E-state index contributed by atoms with van der Waals surface area (Å²) in [7, 11) is 1.55. The van der Waals surface area contributed by atoms with E-state index in [1.165, 1.54) is 44.3 Å². The number of nitrogens with one attached hydrogen (secondary N) is 2. The molecule has 1 saturated heterocycles. The van der Waals surface area contributed by atoms with Gasteiger partial charge in [-0.1, -0.05) is 37.1 Å². The third kappa shape index (κ3) is 8.08. The first kappa shape index (κ1) is 20.6. The average molecular weight is 370 g/mol. The SMILES string of the molecule is CN=C(NCCC(F)(F)F)NCc1ccc(CN2CCCCCC2)cc1. The number of likely N-dealkylation sites (tertiary alicyclic amines) is 1. The van der Waals surface area contributed by atoms with Crippen molar-refractivity contribution in [3.05, 3.63) is 35.4 Å². The number of hydrogen-bond acceptors (Lipinski definition) is 2. The minimum atomic E-state index is -4.16. The maximum Gasteiger partial charge on any atom is 0.390 e. The van der Waals surface area contributed by atoms with Crippen LogP contribution >= 0.6 is 0 Å². The van der Waals surface area contributed by atoms with Crippen molar-refractivity contribution in [1.82, 2.24) is 15.5 Å². The predicted octanol–water partition coefficient (Wildman–Crippen LogP) is 3.68. The fourth-order valence-electron chi connectivity index (χ4n) is 3.04. The maximum absolute atomic E-state index is 12.2. The number of halogens is 3. The highest BCUT2D eigenvalue weighted by molar-refractivity contribution is 5.79. The van der Waals surface area contributed by atoms with Crippen molar-refractivity contribution in [3.8, 4) is 0 Å². The van der Waals surface area contributed by atoms with Crippen LogP contribution < -0.4 is 10.6 Å². The normalized spacial score (nSPS) is 17.0. The molecule has 0 spiro atoms. The van der Waals surface area contributed by atoms with Gasteiger partial charge in [0.1, 0.15) is 0 Å². The van der Waals surface area contributed by atoms with E-state index in [2.05, 4.69) is 44.8 Å². The molecule has 26 heavy (non-hydrogen) atoms. The molecule has 1 heterocycles. The van der Waals surface area contributed by atoms with Crippen molar-refractivity contribution >= 4 is 5.96 Å². The summed E-state index contributed by atoms with van der Waals surface area (Å²) in [5.41, 5.74) is 2.37. The van der Waals surface area contributed by atoms with Gasteiger partial charge in [-0.25, -0.2) is 0 Å². The second-order valence-corrected chi connectivity index (χ2v) is 6.72. The second-order valence-electron chi connectivity index (χ2n) is 6.72. The zero-order valence-corrected chi connectivity index (χ0v) is 15.4. The van der Waals surface area contributed by atoms with E-state index in [9.17, 15) is 13.2 Å². The van der Waals surface area contributed by atoms with Gasteiger partial charge in [-0.05, 0) is 37.1 Å². The molecular formula is C19H29F3N4. The van der Waals surface area contributed by atoms with Crippen LogP contribution in [0.25, 0.3) is 0 Å². The fourth-order valence-corrected chi connectivity index (χ4v) is 3.04. The van der Waals surface area contributed by atoms with Crippen molar-refractivity contribution in [2.45, 2.75) is 51.4 Å². The lowest BCUT2D eigenvalue weighted by Crippen LogP contribution is -2.38. The molecule has 1 aliphatic rings. The quantitative estimate of drug-likeness (QED) is 0.593. The third-order valence-corrected chi connectivity index (χ3v) is 4.51. The Morgan fingerprint density at radius 1 is 1.00 bits per heavy atom. The van der Waals surface area contributed by atoms with Crippen LogP contribution in [-0.4, -0.2) is 43.7 Å². The zero-order chi connectivity index (χ0) is 18.8. The molecule has 0 aliphatic carbocycles. The molecule has 4 nitrogen and oxygen atoms in total. The smallest absolute Gasteiger partial charge is 0.356 e. The van der Waals surface area contributed by atoms with Gasteiger partial charge in [-0.2, -0.15) is 13.2 Å². The molecule has 0 amide bonds. The molecule has 0 bridgehead atoms. The molecule has 0 atom stereocenters. The summed E-state index contributed by atoms with van der Waals surface area (Å²) in [5, 5.41) is 5.72. The van der Waals surface area contributed by atoms with E-state index in [1.54, 1.807) is 7.05 Å². The summed E-state index contributed by atoms with van der Waals surface area (Å²) in [6, 6.07) is 8.37. The van der Waals surface area contributed by atoms with Crippen LogP contribution in [0.15, 0.2) is 29.3 Å². The molecule has 0 aromatic heterocycles. The summed E-state index contributed by atoms with van der Waals surface area (Å²) >= 11 is 0. The first-order valence-corrected chi connectivity index (χ1v) is 9.28. The minimum Gasteiger partial charge on any atom is -0.356 e. The molecule has 7 heteroatoms.